The molecule has 22 heavy (non-hydrogen) atoms. The van der Waals surface area contributed by atoms with Gasteiger partial charge in [0.15, 0.2) is 0 Å². The molecule has 0 aromatic heterocycles. The van der Waals surface area contributed by atoms with Crippen LogP contribution in [-0.2, 0) is 19.5 Å². The summed E-state index contributed by atoms with van der Waals surface area (Å²) in [5, 5.41) is 0. The van der Waals surface area contributed by atoms with E-state index in [1.165, 1.54) is 16.7 Å². The van der Waals surface area contributed by atoms with Crippen LogP contribution in [0.2, 0.25) is 0 Å². The minimum absolute atomic E-state index is 0.140. The molecule has 0 N–H and O–H groups in total. The second kappa shape index (κ2) is 6.65. The Kier molecular flexibility index (Phi) is 4.42. The summed E-state index contributed by atoms with van der Waals surface area (Å²) in [5.41, 5.74) is 3.82. The Morgan fingerprint density at radius 2 is 1.73 bits per heavy atom. The minimum atomic E-state index is 0.140. The van der Waals surface area contributed by atoms with Crippen molar-refractivity contribution in [2.24, 2.45) is 0 Å². The molecule has 2 amide bonds. The number of fused-ring (bicyclic) bond motifs is 1. The molecule has 1 aliphatic heterocycles. The molecule has 0 saturated heterocycles. The summed E-state index contributed by atoms with van der Waals surface area (Å²) in [4.78, 5) is 16.7. The zero-order valence-corrected chi connectivity index (χ0v) is 13.0. The summed E-state index contributed by atoms with van der Waals surface area (Å²) in [6.45, 7) is 4.97. The number of rotatable bonds is 3. The standard InChI is InChI=1S/C19H22N2O/c1-2-20(14-16-8-4-3-5-9-16)19(22)21-13-12-17-10-6-7-11-18(17)15-21/h3-11H,2,12-15H2,1H3. The van der Waals surface area contributed by atoms with Crippen LogP contribution in [0.3, 0.4) is 0 Å². The Hall–Kier alpha value is -2.29. The molecule has 0 atom stereocenters. The van der Waals surface area contributed by atoms with Crippen molar-refractivity contribution in [1.82, 2.24) is 9.80 Å². The molecule has 2 aromatic carbocycles. The lowest BCUT2D eigenvalue weighted by Gasteiger charge is -2.33. The number of nitrogens with zero attached hydrogens (tertiary/aromatic N) is 2. The fourth-order valence-corrected chi connectivity index (χ4v) is 2.98. The van der Waals surface area contributed by atoms with Gasteiger partial charge in [-0.05, 0) is 30.0 Å². The third kappa shape index (κ3) is 3.14. The molecule has 2 aromatic rings. The van der Waals surface area contributed by atoms with Crippen molar-refractivity contribution < 1.29 is 4.79 Å². The second-order valence-corrected chi connectivity index (χ2v) is 5.72. The number of hydrogen-bond acceptors (Lipinski definition) is 1. The summed E-state index contributed by atoms with van der Waals surface area (Å²) >= 11 is 0. The molecular formula is C19H22N2O. The van der Waals surface area contributed by atoms with Gasteiger partial charge in [0.05, 0.1) is 0 Å². The van der Waals surface area contributed by atoms with E-state index in [0.717, 1.165) is 26.1 Å². The van der Waals surface area contributed by atoms with Crippen LogP contribution < -0.4 is 0 Å². The van der Waals surface area contributed by atoms with Crippen LogP contribution >= 0.6 is 0 Å². The highest BCUT2D eigenvalue weighted by Gasteiger charge is 2.24. The highest BCUT2D eigenvalue weighted by atomic mass is 16.2. The van der Waals surface area contributed by atoms with Gasteiger partial charge in [0, 0.05) is 26.2 Å². The first-order chi connectivity index (χ1) is 10.8. The molecule has 0 bridgehead atoms. The van der Waals surface area contributed by atoms with Gasteiger partial charge in [-0.3, -0.25) is 0 Å². The number of hydrogen-bond donors (Lipinski definition) is 0. The van der Waals surface area contributed by atoms with E-state index in [1.807, 2.05) is 41.0 Å². The highest BCUT2D eigenvalue weighted by Crippen LogP contribution is 2.20. The van der Waals surface area contributed by atoms with Crippen molar-refractivity contribution in [2.45, 2.75) is 26.4 Å². The third-order valence-corrected chi connectivity index (χ3v) is 4.27. The van der Waals surface area contributed by atoms with Crippen LogP contribution in [0.5, 0.6) is 0 Å². The Labute approximate surface area is 132 Å². The molecule has 114 valence electrons. The fraction of sp³-hybridized carbons (Fsp3) is 0.316. The molecular weight excluding hydrogens is 272 g/mol. The quantitative estimate of drug-likeness (QED) is 0.847. The van der Waals surface area contributed by atoms with E-state index in [1.54, 1.807) is 0 Å². The number of carbonyl (C=O) groups excluding carboxylic acids is 1. The van der Waals surface area contributed by atoms with Crippen LogP contribution in [0.15, 0.2) is 54.6 Å². The van der Waals surface area contributed by atoms with Gasteiger partial charge in [-0.2, -0.15) is 0 Å². The van der Waals surface area contributed by atoms with E-state index >= 15 is 0 Å². The van der Waals surface area contributed by atoms with E-state index in [4.69, 9.17) is 0 Å². The van der Waals surface area contributed by atoms with Gasteiger partial charge >= 0.3 is 6.03 Å². The number of carbonyl (C=O) groups is 1. The van der Waals surface area contributed by atoms with E-state index < -0.39 is 0 Å². The first-order valence-electron chi connectivity index (χ1n) is 7.92. The van der Waals surface area contributed by atoms with Gasteiger partial charge in [-0.15, -0.1) is 0 Å². The lowest BCUT2D eigenvalue weighted by molar-refractivity contribution is 0.147. The van der Waals surface area contributed by atoms with Crippen LogP contribution in [-0.4, -0.2) is 28.9 Å². The summed E-state index contributed by atoms with van der Waals surface area (Å²) in [6, 6.07) is 18.7. The van der Waals surface area contributed by atoms with E-state index in [9.17, 15) is 4.79 Å². The summed E-state index contributed by atoms with van der Waals surface area (Å²) in [5.74, 6) is 0. The van der Waals surface area contributed by atoms with E-state index in [-0.39, 0.29) is 6.03 Å². The normalized spacial score (nSPS) is 13.6. The molecule has 3 nitrogen and oxygen atoms in total. The molecule has 0 radical (unpaired) electrons. The molecule has 0 saturated carbocycles. The van der Waals surface area contributed by atoms with Crippen molar-refractivity contribution in [3.63, 3.8) is 0 Å². The van der Waals surface area contributed by atoms with Gasteiger partial charge in [0.1, 0.15) is 0 Å². The zero-order valence-electron chi connectivity index (χ0n) is 13.0. The van der Waals surface area contributed by atoms with Gasteiger partial charge in [-0.1, -0.05) is 54.6 Å². The lowest BCUT2D eigenvalue weighted by atomic mass is 10.0. The summed E-state index contributed by atoms with van der Waals surface area (Å²) in [6.07, 6.45) is 0.949. The molecule has 0 aliphatic carbocycles. The molecule has 3 heteroatoms. The average Bonchev–Trinajstić information content (AvgIpc) is 2.59. The largest absolute Gasteiger partial charge is 0.321 e. The summed E-state index contributed by atoms with van der Waals surface area (Å²) < 4.78 is 0. The highest BCUT2D eigenvalue weighted by molar-refractivity contribution is 5.74. The van der Waals surface area contributed by atoms with E-state index in [0.29, 0.717) is 6.54 Å². The van der Waals surface area contributed by atoms with Crippen molar-refractivity contribution >= 4 is 6.03 Å². The van der Waals surface area contributed by atoms with Crippen molar-refractivity contribution in [3.05, 3.63) is 71.3 Å². The molecule has 1 aliphatic rings. The minimum Gasteiger partial charge on any atom is -0.321 e. The van der Waals surface area contributed by atoms with Crippen molar-refractivity contribution in [2.75, 3.05) is 13.1 Å². The van der Waals surface area contributed by atoms with Gasteiger partial charge in [0.2, 0.25) is 0 Å². The lowest BCUT2D eigenvalue weighted by Crippen LogP contribution is -2.44. The Morgan fingerprint density at radius 3 is 2.45 bits per heavy atom. The van der Waals surface area contributed by atoms with Crippen LogP contribution in [0.4, 0.5) is 4.79 Å². The number of benzene rings is 2. The first-order valence-corrected chi connectivity index (χ1v) is 7.92. The van der Waals surface area contributed by atoms with Crippen LogP contribution in [0, 0.1) is 0 Å². The number of urea groups is 1. The van der Waals surface area contributed by atoms with Crippen molar-refractivity contribution in [3.8, 4) is 0 Å². The molecule has 0 spiro atoms. The van der Waals surface area contributed by atoms with Crippen LogP contribution in [0.25, 0.3) is 0 Å². The average molecular weight is 294 g/mol. The molecule has 3 rings (SSSR count). The second-order valence-electron chi connectivity index (χ2n) is 5.72. The predicted molar refractivity (Wildman–Crippen MR) is 88.5 cm³/mol. The monoisotopic (exact) mass is 294 g/mol. The SMILES string of the molecule is CCN(Cc1ccccc1)C(=O)N1CCc2ccccc2C1. The Balaban J connectivity index is 1.70. The first kappa shape index (κ1) is 14.6. The zero-order chi connectivity index (χ0) is 15.4. The topological polar surface area (TPSA) is 23.6 Å². The van der Waals surface area contributed by atoms with Crippen LogP contribution in [0.1, 0.15) is 23.6 Å². The molecule has 1 heterocycles. The Morgan fingerprint density at radius 1 is 1.05 bits per heavy atom. The maximum atomic E-state index is 12.8. The smallest absolute Gasteiger partial charge is 0.320 e. The van der Waals surface area contributed by atoms with Gasteiger partial charge < -0.3 is 9.80 Å². The van der Waals surface area contributed by atoms with Gasteiger partial charge in [-0.25, -0.2) is 4.79 Å². The molecule has 0 unspecified atom stereocenters. The maximum Gasteiger partial charge on any atom is 0.320 e. The fourth-order valence-electron chi connectivity index (χ4n) is 2.98. The Bertz CT molecular complexity index is 635. The third-order valence-electron chi connectivity index (χ3n) is 4.27. The maximum absolute atomic E-state index is 12.8. The summed E-state index contributed by atoms with van der Waals surface area (Å²) in [7, 11) is 0. The van der Waals surface area contributed by atoms with Gasteiger partial charge in [0.25, 0.3) is 0 Å². The van der Waals surface area contributed by atoms with E-state index in [2.05, 4.69) is 30.3 Å². The number of amides is 2. The molecule has 0 fully saturated rings. The predicted octanol–water partition coefficient (Wildman–Crippen LogP) is 3.69. The van der Waals surface area contributed by atoms with Crippen molar-refractivity contribution in [1.29, 1.82) is 0 Å².